The molecule has 0 heterocycles. The number of carbonyl (C=O) groups excluding carboxylic acids is 2. The zero-order chi connectivity index (χ0) is 21.6. The molecule has 2 N–H and O–H groups in total. The third kappa shape index (κ3) is 6.54. The largest absolute Gasteiger partial charge is 0.493 e. The Morgan fingerprint density at radius 2 is 1.69 bits per heavy atom. The lowest BCUT2D eigenvalue weighted by atomic mass is 10.1. The van der Waals surface area contributed by atoms with E-state index in [0.717, 1.165) is 0 Å². The molecule has 0 saturated heterocycles. The van der Waals surface area contributed by atoms with Crippen molar-refractivity contribution < 1.29 is 19.1 Å². The topological polar surface area (TPSA) is 76.7 Å². The minimum absolute atomic E-state index is 0.166. The van der Waals surface area contributed by atoms with E-state index in [1.54, 1.807) is 42.5 Å². The number of carbonyl (C=O) groups is 2. The summed E-state index contributed by atoms with van der Waals surface area (Å²) in [6.45, 7) is 5.74. The van der Waals surface area contributed by atoms with E-state index in [-0.39, 0.29) is 17.4 Å². The lowest BCUT2D eigenvalue weighted by molar-refractivity contribution is -0.111. The van der Waals surface area contributed by atoms with Gasteiger partial charge in [0, 0.05) is 22.9 Å². The summed E-state index contributed by atoms with van der Waals surface area (Å²) in [5.41, 5.74) is 1.48. The predicted octanol–water partition coefficient (Wildman–Crippen LogP) is 4.54. The third-order valence-electron chi connectivity index (χ3n) is 3.79. The molecule has 0 aromatic heterocycles. The number of halogens is 1. The maximum atomic E-state index is 12.2. The summed E-state index contributed by atoms with van der Waals surface area (Å²) in [6, 6.07) is 10.1. The van der Waals surface area contributed by atoms with Gasteiger partial charge in [-0.1, -0.05) is 11.6 Å². The van der Waals surface area contributed by atoms with Crippen molar-refractivity contribution >= 4 is 35.2 Å². The van der Waals surface area contributed by atoms with Gasteiger partial charge in [-0.25, -0.2) is 0 Å². The van der Waals surface area contributed by atoms with Crippen molar-refractivity contribution in [3.05, 3.63) is 58.6 Å². The molecule has 0 saturated carbocycles. The Labute approximate surface area is 175 Å². The fourth-order valence-electron chi connectivity index (χ4n) is 2.51. The van der Waals surface area contributed by atoms with E-state index in [0.29, 0.717) is 33.3 Å². The van der Waals surface area contributed by atoms with Gasteiger partial charge in [0.25, 0.3) is 5.91 Å². The van der Waals surface area contributed by atoms with Crippen LogP contribution in [0.4, 0.5) is 5.69 Å². The summed E-state index contributed by atoms with van der Waals surface area (Å²) in [5, 5.41) is 6.02. The lowest BCUT2D eigenvalue weighted by Crippen LogP contribution is -2.40. The van der Waals surface area contributed by atoms with Gasteiger partial charge in [0.05, 0.1) is 19.2 Å². The maximum Gasteiger partial charge on any atom is 0.251 e. The number of amides is 2. The van der Waals surface area contributed by atoms with E-state index in [9.17, 15) is 9.59 Å². The molecule has 0 atom stereocenters. The molecule has 2 aromatic carbocycles. The Balaban J connectivity index is 2.04. The van der Waals surface area contributed by atoms with Gasteiger partial charge in [0.15, 0.2) is 11.5 Å². The first-order valence-electron chi connectivity index (χ1n) is 8.96. The quantitative estimate of drug-likeness (QED) is 0.678. The van der Waals surface area contributed by atoms with Crippen molar-refractivity contribution in [2.45, 2.75) is 26.3 Å². The summed E-state index contributed by atoms with van der Waals surface area (Å²) in [7, 11) is 3.02. The van der Waals surface area contributed by atoms with Crippen LogP contribution in [0.1, 0.15) is 36.7 Å². The molecule has 7 heteroatoms. The maximum absolute atomic E-state index is 12.2. The second-order valence-corrected chi connectivity index (χ2v) is 7.75. The Morgan fingerprint density at radius 1 is 1.03 bits per heavy atom. The standard InChI is InChI=1S/C22H25ClN2O4/c1-22(2,3)25-21(27)15-7-9-16(10-8-15)24-19(26)11-6-14-12-17(23)20(29-5)18(13-14)28-4/h6-13H,1-5H3,(H,24,26)(H,25,27)/b11-6+. The Hall–Kier alpha value is -2.99. The zero-order valence-corrected chi connectivity index (χ0v) is 17.9. The number of anilines is 1. The van der Waals surface area contributed by atoms with E-state index in [2.05, 4.69) is 10.6 Å². The van der Waals surface area contributed by atoms with E-state index in [4.69, 9.17) is 21.1 Å². The van der Waals surface area contributed by atoms with Crippen molar-refractivity contribution in [1.29, 1.82) is 0 Å². The van der Waals surface area contributed by atoms with Crippen molar-refractivity contribution in [2.24, 2.45) is 0 Å². The first kappa shape index (κ1) is 22.3. The molecule has 0 radical (unpaired) electrons. The van der Waals surface area contributed by atoms with Crippen molar-refractivity contribution in [3.63, 3.8) is 0 Å². The van der Waals surface area contributed by atoms with Gasteiger partial charge in [0.1, 0.15) is 0 Å². The molecule has 0 unspecified atom stereocenters. The van der Waals surface area contributed by atoms with Crippen LogP contribution in [-0.2, 0) is 4.79 Å². The molecule has 0 spiro atoms. The molecule has 154 valence electrons. The van der Waals surface area contributed by atoms with Crippen LogP contribution < -0.4 is 20.1 Å². The van der Waals surface area contributed by atoms with E-state index >= 15 is 0 Å². The molecule has 2 rings (SSSR count). The highest BCUT2D eigenvalue weighted by molar-refractivity contribution is 6.32. The second kappa shape index (κ2) is 9.47. The number of methoxy groups -OCH3 is 2. The summed E-state index contributed by atoms with van der Waals surface area (Å²) in [6.07, 6.45) is 3.01. The molecule has 29 heavy (non-hydrogen) atoms. The van der Waals surface area contributed by atoms with E-state index in [1.807, 2.05) is 20.8 Å². The normalized spacial score (nSPS) is 11.2. The molecule has 0 bridgehead atoms. The molecule has 0 aliphatic heterocycles. The molecule has 6 nitrogen and oxygen atoms in total. The van der Waals surface area contributed by atoms with Gasteiger partial charge in [-0.2, -0.15) is 0 Å². The van der Waals surface area contributed by atoms with Crippen LogP contribution in [0.5, 0.6) is 11.5 Å². The first-order valence-corrected chi connectivity index (χ1v) is 9.34. The Morgan fingerprint density at radius 3 is 2.24 bits per heavy atom. The fraction of sp³-hybridized carbons (Fsp3) is 0.273. The number of rotatable bonds is 6. The van der Waals surface area contributed by atoms with E-state index < -0.39 is 0 Å². The molecular formula is C22H25ClN2O4. The summed E-state index contributed by atoms with van der Waals surface area (Å²) >= 11 is 6.17. The first-order chi connectivity index (χ1) is 13.6. The summed E-state index contributed by atoms with van der Waals surface area (Å²) < 4.78 is 10.4. The van der Waals surface area contributed by atoms with Crippen LogP contribution in [0, 0.1) is 0 Å². The summed E-state index contributed by atoms with van der Waals surface area (Å²) in [5.74, 6) is 0.430. The van der Waals surface area contributed by atoms with Gasteiger partial charge in [-0.3, -0.25) is 9.59 Å². The van der Waals surface area contributed by atoms with Crippen LogP contribution >= 0.6 is 11.6 Å². The number of hydrogen-bond acceptors (Lipinski definition) is 4. The minimum Gasteiger partial charge on any atom is -0.493 e. The average molecular weight is 417 g/mol. The van der Waals surface area contributed by atoms with Crippen LogP contribution in [0.2, 0.25) is 5.02 Å². The highest BCUT2D eigenvalue weighted by Crippen LogP contribution is 2.36. The van der Waals surface area contributed by atoms with Gasteiger partial charge in [-0.15, -0.1) is 0 Å². The highest BCUT2D eigenvalue weighted by Gasteiger charge is 2.15. The molecule has 0 aliphatic carbocycles. The van der Waals surface area contributed by atoms with Crippen LogP contribution in [0.25, 0.3) is 6.08 Å². The van der Waals surface area contributed by atoms with Crippen molar-refractivity contribution in [3.8, 4) is 11.5 Å². The fourth-order valence-corrected chi connectivity index (χ4v) is 2.80. The average Bonchev–Trinajstić information content (AvgIpc) is 2.65. The lowest BCUT2D eigenvalue weighted by Gasteiger charge is -2.20. The van der Waals surface area contributed by atoms with Crippen molar-refractivity contribution in [1.82, 2.24) is 5.32 Å². The Bertz CT molecular complexity index is 916. The molecule has 0 aliphatic rings. The predicted molar refractivity (Wildman–Crippen MR) is 116 cm³/mol. The Kier molecular flexibility index (Phi) is 7.29. The second-order valence-electron chi connectivity index (χ2n) is 7.34. The van der Waals surface area contributed by atoms with Crippen LogP contribution in [0.3, 0.4) is 0 Å². The summed E-state index contributed by atoms with van der Waals surface area (Å²) in [4.78, 5) is 24.3. The zero-order valence-electron chi connectivity index (χ0n) is 17.1. The van der Waals surface area contributed by atoms with Gasteiger partial charge < -0.3 is 20.1 Å². The molecule has 2 amide bonds. The monoisotopic (exact) mass is 416 g/mol. The highest BCUT2D eigenvalue weighted by atomic mass is 35.5. The van der Waals surface area contributed by atoms with Gasteiger partial charge in [0.2, 0.25) is 5.91 Å². The molecular weight excluding hydrogens is 392 g/mol. The van der Waals surface area contributed by atoms with Gasteiger partial charge in [-0.05, 0) is 68.8 Å². The minimum atomic E-state index is -0.318. The third-order valence-corrected chi connectivity index (χ3v) is 4.07. The van der Waals surface area contributed by atoms with E-state index in [1.165, 1.54) is 20.3 Å². The number of ether oxygens (including phenoxy) is 2. The number of benzene rings is 2. The number of hydrogen-bond donors (Lipinski definition) is 2. The molecule has 0 fully saturated rings. The van der Waals surface area contributed by atoms with Gasteiger partial charge >= 0.3 is 0 Å². The number of nitrogens with one attached hydrogen (secondary N) is 2. The van der Waals surface area contributed by atoms with Crippen LogP contribution in [-0.4, -0.2) is 31.6 Å². The smallest absolute Gasteiger partial charge is 0.251 e. The van der Waals surface area contributed by atoms with Crippen molar-refractivity contribution in [2.75, 3.05) is 19.5 Å². The molecule has 2 aromatic rings. The SMILES string of the molecule is COc1cc(/C=C/C(=O)Nc2ccc(C(=O)NC(C)(C)C)cc2)cc(Cl)c1OC. The van der Waals surface area contributed by atoms with Crippen LogP contribution in [0.15, 0.2) is 42.5 Å².